The minimum Gasteiger partial charge on any atom is -0.497 e. The summed E-state index contributed by atoms with van der Waals surface area (Å²) >= 11 is 0. The van der Waals surface area contributed by atoms with E-state index in [1.807, 2.05) is 91.9 Å². The summed E-state index contributed by atoms with van der Waals surface area (Å²) in [5, 5.41) is 0. The van der Waals surface area contributed by atoms with E-state index >= 15 is 0 Å². The Labute approximate surface area is 194 Å². The highest BCUT2D eigenvalue weighted by atomic mass is 16.5. The first-order chi connectivity index (χ1) is 16.2. The van der Waals surface area contributed by atoms with Crippen LogP contribution >= 0.6 is 0 Å². The van der Waals surface area contributed by atoms with E-state index in [4.69, 9.17) is 14.2 Å². The fraction of sp³-hybridized carbons (Fsp3) is 0.138. The molecule has 0 aliphatic carbocycles. The van der Waals surface area contributed by atoms with Crippen molar-refractivity contribution in [3.63, 3.8) is 0 Å². The Hall–Kier alpha value is -4.05. The number of hydrogen-bond donors (Lipinski definition) is 0. The Morgan fingerprint density at radius 2 is 1.15 bits per heavy atom. The van der Waals surface area contributed by atoms with Crippen molar-refractivity contribution in [2.45, 2.75) is 6.92 Å². The second-order valence-electron chi connectivity index (χ2n) is 7.45. The molecule has 4 aromatic rings. The molecule has 0 saturated carbocycles. The van der Waals surface area contributed by atoms with Crippen LogP contribution in [0.15, 0.2) is 91.0 Å². The van der Waals surface area contributed by atoms with E-state index in [2.05, 4.69) is 6.07 Å². The van der Waals surface area contributed by atoms with Gasteiger partial charge in [0.25, 0.3) is 0 Å². The molecule has 0 aliphatic rings. The lowest BCUT2D eigenvalue weighted by atomic mass is 9.85. The van der Waals surface area contributed by atoms with Crippen molar-refractivity contribution in [2.75, 3.05) is 20.8 Å². The number of methoxy groups -OCH3 is 2. The average molecular weight is 439 g/mol. The second kappa shape index (κ2) is 10.0. The molecule has 0 amide bonds. The Kier molecular flexibility index (Phi) is 6.75. The molecule has 0 heterocycles. The summed E-state index contributed by atoms with van der Waals surface area (Å²) in [5.74, 6) is 1.19. The molecule has 0 aliphatic heterocycles. The number of carbonyl (C=O) groups excluding carboxylic acids is 1. The molecule has 0 spiro atoms. The maximum absolute atomic E-state index is 13.4. The van der Waals surface area contributed by atoms with Crippen molar-refractivity contribution in [2.24, 2.45) is 0 Å². The fourth-order valence-corrected chi connectivity index (χ4v) is 3.94. The van der Waals surface area contributed by atoms with Crippen LogP contribution in [0.3, 0.4) is 0 Å². The van der Waals surface area contributed by atoms with Gasteiger partial charge in [0, 0.05) is 5.56 Å². The molecule has 0 saturated heterocycles. The highest BCUT2D eigenvalue weighted by Gasteiger charge is 2.23. The van der Waals surface area contributed by atoms with Crippen molar-refractivity contribution in [1.29, 1.82) is 0 Å². The van der Waals surface area contributed by atoms with Crippen LogP contribution in [0.5, 0.6) is 11.5 Å². The SMILES string of the molecule is CCOC(=O)c1c(-c2ccc(OC)cc2)ccc(-c2ccc(OC)cc2)c1-c1ccccc1. The minimum absolute atomic E-state index is 0.294. The van der Waals surface area contributed by atoms with E-state index in [1.54, 1.807) is 14.2 Å². The fourth-order valence-electron chi connectivity index (χ4n) is 3.94. The lowest BCUT2D eigenvalue weighted by Crippen LogP contribution is -2.10. The Morgan fingerprint density at radius 3 is 1.67 bits per heavy atom. The van der Waals surface area contributed by atoms with Crippen LogP contribution in [-0.2, 0) is 4.74 Å². The molecule has 4 nitrogen and oxygen atoms in total. The first kappa shape index (κ1) is 22.2. The van der Waals surface area contributed by atoms with Gasteiger partial charge in [-0.05, 0) is 59.0 Å². The van der Waals surface area contributed by atoms with Gasteiger partial charge in [0.15, 0.2) is 0 Å². The summed E-state index contributed by atoms with van der Waals surface area (Å²) in [7, 11) is 3.28. The number of benzene rings is 4. The highest BCUT2D eigenvalue weighted by Crippen LogP contribution is 2.41. The van der Waals surface area contributed by atoms with Crippen LogP contribution in [0.25, 0.3) is 33.4 Å². The van der Waals surface area contributed by atoms with E-state index in [-0.39, 0.29) is 5.97 Å². The van der Waals surface area contributed by atoms with Gasteiger partial charge >= 0.3 is 5.97 Å². The standard InChI is InChI=1S/C29H26O4/c1-4-33-29(30)28-26(21-12-16-24(32-3)17-13-21)19-18-25(20-10-14-23(31-2)15-11-20)27(28)22-8-6-5-7-9-22/h5-19H,4H2,1-3H3. The molecular weight excluding hydrogens is 412 g/mol. The third kappa shape index (κ3) is 4.60. The van der Waals surface area contributed by atoms with Gasteiger partial charge in [0.05, 0.1) is 26.4 Å². The van der Waals surface area contributed by atoms with Gasteiger partial charge in [-0.2, -0.15) is 0 Å². The molecule has 0 atom stereocenters. The van der Waals surface area contributed by atoms with Gasteiger partial charge in [-0.25, -0.2) is 4.79 Å². The number of esters is 1. The molecule has 0 N–H and O–H groups in total. The third-order valence-electron chi connectivity index (χ3n) is 5.55. The molecule has 4 heteroatoms. The molecule has 0 aromatic heterocycles. The Balaban J connectivity index is 2.02. The summed E-state index contributed by atoms with van der Waals surface area (Å²) in [5.41, 5.74) is 5.99. The van der Waals surface area contributed by atoms with Gasteiger partial charge in [-0.1, -0.05) is 66.7 Å². The lowest BCUT2D eigenvalue weighted by Gasteiger charge is -2.19. The Morgan fingerprint density at radius 1 is 0.636 bits per heavy atom. The van der Waals surface area contributed by atoms with Crippen LogP contribution in [0.4, 0.5) is 0 Å². The Bertz CT molecular complexity index is 1230. The molecule has 166 valence electrons. The molecular formula is C29H26O4. The van der Waals surface area contributed by atoms with E-state index < -0.39 is 0 Å². The number of hydrogen-bond acceptors (Lipinski definition) is 4. The smallest absolute Gasteiger partial charge is 0.339 e. The molecule has 0 bridgehead atoms. The monoisotopic (exact) mass is 438 g/mol. The molecule has 33 heavy (non-hydrogen) atoms. The van der Waals surface area contributed by atoms with Crippen LogP contribution in [0.1, 0.15) is 17.3 Å². The zero-order valence-electron chi connectivity index (χ0n) is 19.0. The quantitative estimate of drug-likeness (QED) is 0.295. The largest absolute Gasteiger partial charge is 0.497 e. The van der Waals surface area contributed by atoms with Crippen molar-refractivity contribution >= 4 is 5.97 Å². The number of carbonyl (C=O) groups is 1. The third-order valence-corrected chi connectivity index (χ3v) is 5.55. The van der Waals surface area contributed by atoms with E-state index in [0.29, 0.717) is 12.2 Å². The summed E-state index contributed by atoms with van der Waals surface area (Å²) in [6.07, 6.45) is 0. The molecule has 0 radical (unpaired) electrons. The predicted octanol–water partition coefficient (Wildman–Crippen LogP) is 6.88. The maximum atomic E-state index is 13.4. The van der Waals surface area contributed by atoms with Crippen molar-refractivity contribution < 1.29 is 19.0 Å². The van der Waals surface area contributed by atoms with Gasteiger partial charge in [-0.15, -0.1) is 0 Å². The predicted molar refractivity (Wildman–Crippen MR) is 132 cm³/mol. The first-order valence-corrected chi connectivity index (χ1v) is 10.8. The van der Waals surface area contributed by atoms with E-state index in [0.717, 1.165) is 44.9 Å². The number of rotatable bonds is 7. The lowest BCUT2D eigenvalue weighted by molar-refractivity contribution is 0.0528. The normalized spacial score (nSPS) is 10.5. The van der Waals surface area contributed by atoms with Gasteiger partial charge in [0.2, 0.25) is 0 Å². The van der Waals surface area contributed by atoms with Crippen LogP contribution in [0, 0.1) is 0 Å². The van der Waals surface area contributed by atoms with Crippen molar-refractivity contribution in [3.8, 4) is 44.9 Å². The van der Waals surface area contributed by atoms with Gasteiger partial charge < -0.3 is 14.2 Å². The second-order valence-corrected chi connectivity index (χ2v) is 7.45. The minimum atomic E-state index is -0.350. The summed E-state index contributed by atoms with van der Waals surface area (Å²) < 4.78 is 16.2. The van der Waals surface area contributed by atoms with Crippen molar-refractivity contribution in [3.05, 3.63) is 96.6 Å². The molecule has 0 unspecified atom stereocenters. The zero-order valence-corrected chi connectivity index (χ0v) is 19.0. The summed E-state index contributed by atoms with van der Waals surface area (Å²) in [6, 6.07) is 29.5. The van der Waals surface area contributed by atoms with E-state index in [9.17, 15) is 4.79 Å². The number of ether oxygens (including phenoxy) is 3. The average Bonchev–Trinajstić information content (AvgIpc) is 2.88. The summed E-state index contributed by atoms with van der Waals surface area (Å²) in [6.45, 7) is 2.11. The van der Waals surface area contributed by atoms with Gasteiger partial charge in [-0.3, -0.25) is 0 Å². The van der Waals surface area contributed by atoms with Crippen LogP contribution in [0.2, 0.25) is 0 Å². The van der Waals surface area contributed by atoms with E-state index in [1.165, 1.54) is 0 Å². The van der Waals surface area contributed by atoms with Crippen LogP contribution in [-0.4, -0.2) is 26.8 Å². The molecule has 4 rings (SSSR count). The zero-order chi connectivity index (χ0) is 23.2. The van der Waals surface area contributed by atoms with Crippen molar-refractivity contribution in [1.82, 2.24) is 0 Å². The molecule has 4 aromatic carbocycles. The molecule has 0 fully saturated rings. The topological polar surface area (TPSA) is 44.8 Å². The first-order valence-electron chi connectivity index (χ1n) is 10.8. The maximum Gasteiger partial charge on any atom is 0.339 e. The summed E-state index contributed by atoms with van der Waals surface area (Å²) in [4.78, 5) is 13.4. The van der Waals surface area contributed by atoms with Gasteiger partial charge in [0.1, 0.15) is 11.5 Å². The highest BCUT2D eigenvalue weighted by molar-refractivity contribution is 6.08. The van der Waals surface area contributed by atoms with Crippen LogP contribution < -0.4 is 9.47 Å².